The first-order chi connectivity index (χ1) is 7.74. The number of hydrogen-bond acceptors (Lipinski definition) is 4. The number of ether oxygens (including phenoxy) is 1. The summed E-state index contributed by atoms with van der Waals surface area (Å²) in [5.41, 5.74) is 1.20. The summed E-state index contributed by atoms with van der Waals surface area (Å²) in [6, 6.07) is 4.12. The second-order valence-corrected chi connectivity index (χ2v) is 3.79. The van der Waals surface area contributed by atoms with E-state index in [9.17, 15) is 0 Å². The maximum Gasteiger partial charge on any atom is 0.127 e. The van der Waals surface area contributed by atoms with E-state index in [1.165, 1.54) is 5.56 Å². The summed E-state index contributed by atoms with van der Waals surface area (Å²) in [7, 11) is 3.98. The molecule has 4 heteroatoms. The Bertz CT molecular complexity index is 285. The van der Waals surface area contributed by atoms with Gasteiger partial charge >= 0.3 is 0 Å². The highest BCUT2D eigenvalue weighted by Crippen LogP contribution is 2.07. The Hall–Kier alpha value is -1.13. The molecule has 1 aromatic rings. The number of rotatable bonds is 7. The maximum absolute atomic E-state index is 5.24. The molecular formula is C12H21N3O. The van der Waals surface area contributed by atoms with E-state index in [1.54, 1.807) is 0 Å². The van der Waals surface area contributed by atoms with Gasteiger partial charge in [0.25, 0.3) is 0 Å². The van der Waals surface area contributed by atoms with Crippen LogP contribution < -0.4 is 10.2 Å². The molecule has 0 aliphatic heterocycles. The SMILES string of the molecule is CCOCCNCc1ccc(N(C)C)nc1. The maximum atomic E-state index is 5.24. The highest BCUT2D eigenvalue weighted by atomic mass is 16.5. The van der Waals surface area contributed by atoms with E-state index in [0.29, 0.717) is 0 Å². The van der Waals surface area contributed by atoms with Crippen LogP contribution in [-0.4, -0.2) is 38.8 Å². The highest BCUT2D eigenvalue weighted by Gasteiger charge is 1.97. The van der Waals surface area contributed by atoms with Crippen molar-refractivity contribution in [1.82, 2.24) is 10.3 Å². The van der Waals surface area contributed by atoms with E-state index in [1.807, 2.05) is 38.2 Å². The molecule has 0 aromatic carbocycles. The summed E-state index contributed by atoms with van der Waals surface area (Å²) < 4.78 is 5.24. The summed E-state index contributed by atoms with van der Waals surface area (Å²) in [6.07, 6.45) is 1.91. The third-order valence-corrected chi connectivity index (χ3v) is 2.22. The lowest BCUT2D eigenvalue weighted by Gasteiger charge is -2.11. The molecule has 0 radical (unpaired) electrons. The average Bonchev–Trinajstić information content (AvgIpc) is 2.29. The summed E-state index contributed by atoms with van der Waals surface area (Å²) in [5, 5.41) is 3.31. The van der Waals surface area contributed by atoms with Gasteiger partial charge in [0.15, 0.2) is 0 Å². The van der Waals surface area contributed by atoms with Crippen molar-refractivity contribution in [2.75, 3.05) is 38.8 Å². The number of pyridine rings is 1. The van der Waals surface area contributed by atoms with Crippen molar-refractivity contribution in [3.8, 4) is 0 Å². The molecule has 0 unspecified atom stereocenters. The van der Waals surface area contributed by atoms with Gasteiger partial charge < -0.3 is 15.0 Å². The molecule has 0 saturated carbocycles. The van der Waals surface area contributed by atoms with Crippen LogP contribution in [0.25, 0.3) is 0 Å². The first-order valence-electron chi connectivity index (χ1n) is 5.64. The fourth-order valence-electron chi connectivity index (χ4n) is 1.31. The van der Waals surface area contributed by atoms with E-state index >= 15 is 0 Å². The van der Waals surface area contributed by atoms with Gasteiger partial charge in [0.2, 0.25) is 0 Å². The van der Waals surface area contributed by atoms with Gasteiger partial charge in [-0.2, -0.15) is 0 Å². The van der Waals surface area contributed by atoms with Crippen molar-refractivity contribution in [2.45, 2.75) is 13.5 Å². The van der Waals surface area contributed by atoms with Crippen LogP contribution in [0.3, 0.4) is 0 Å². The number of anilines is 1. The minimum Gasteiger partial charge on any atom is -0.380 e. The predicted molar refractivity (Wildman–Crippen MR) is 66.8 cm³/mol. The summed E-state index contributed by atoms with van der Waals surface area (Å²) in [4.78, 5) is 6.34. The van der Waals surface area contributed by atoms with Crippen LogP contribution in [0.2, 0.25) is 0 Å². The second-order valence-electron chi connectivity index (χ2n) is 3.79. The molecule has 0 aliphatic rings. The van der Waals surface area contributed by atoms with Crippen molar-refractivity contribution in [2.24, 2.45) is 0 Å². The minimum atomic E-state index is 0.764. The van der Waals surface area contributed by atoms with Gasteiger partial charge in [0.1, 0.15) is 5.82 Å². The summed E-state index contributed by atoms with van der Waals surface area (Å²) in [6.45, 7) is 5.27. The predicted octanol–water partition coefficient (Wildman–Crippen LogP) is 1.27. The molecule has 0 fully saturated rings. The van der Waals surface area contributed by atoms with Gasteiger partial charge in [0, 0.05) is 40.0 Å². The van der Waals surface area contributed by atoms with Crippen LogP contribution >= 0.6 is 0 Å². The zero-order valence-electron chi connectivity index (χ0n) is 10.4. The first kappa shape index (κ1) is 12.9. The minimum absolute atomic E-state index is 0.764. The van der Waals surface area contributed by atoms with Crippen LogP contribution in [0.1, 0.15) is 12.5 Å². The Morgan fingerprint density at radius 1 is 1.38 bits per heavy atom. The van der Waals surface area contributed by atoms with Crippen molar-refractivity contribution in [3.63, 3.8) is 0 Å². The van der Waals surface area contributed by atoms with Crippen molar-refractivity contribution >= 4 is 5.82 Å². The van der Waals surface area contributed by atoms with Crippen LogP contribution in [0.15, 0.2) is 18.3 Å². The lowest BCUT2D eigenvalue weighted by Crippen LogP contribution is -2.19. The van der Waals surface area contributed by atoms with E-state index < -0.39 is 0 Å². The summed E-state index contributed by atoms with van der Waals surface area (Å²) >= 11 is 0. The molecule has 1 N–H and O–H groups in total. The monoisotopic (exact) mass is 223 g/mol. The van der Waals surface area contributed by atoms with Gasteiger partial charge in [-0.3, -0.25) is 0 Å². The Kier molecular flexibility index (Phi) is 5.82. The molecule has 0 bridgehead atoms. The van der Waals surface area contributed by atoms with Crippen LogP contribution in [-0.2, 0) is 11.3 Å². The molecule has 0 atom stereocenters. The van der Waals surface area contributed by atoms with Gasteiger partial charge in [-0.1, -0.05) is 6.07 Å². The summed E-state index contributed by atoms with van der Waals surface area (Å²) in [5.74, 6) is 0.984. The molecule has 16 heavy (non-hydrogen) atoms. The Balaban J connectivity index is 2.27. The average molecular weight is 223 g/mol. The first-order valence-corrected chi connectivity index (χ1v) is 5.64. The lowest BCUT2D eigenvalue weighted by atomic mass is 10.3. The van der Waals surface area contributed by atoms with Crippen LogP contribution in [0.4, 0.5) is 5.82 Å². The number of nitrogens with one attached hydrogen (secondary N) is 1. The molecule has 90 valence electrons. The van der Waals surface area contributed by atoms with Crippen molar-refractivity contribution < 1.29 is 4.74 Å². The van der Waals surface area contributed by atoms with Gasteiger partial charge in [-0.15, -0.1) is 0 Å². The van der Waals surface area contributed by atoms with Gasteiger partial charge in [-0.25, -0.2) is 4.98 Å². The molecule has 1 heterocycles. The Morgan fingerprint density at radius 2 is 2.19 bits per heavy atom. The molecule has 0 amide bonds. The lowest BCUT2D eigenvalue weighted by molar-refractivity contribution is 0.149. The molecule has 4 nitrogen and oxygen atoms in total. The quantitative estimate of drug-likeness (QED) is 0.706. The second kappa shape index (κ2) is 7.19. The number of nitrogens with zero attached hydrogens (tertiary/aromatic N) is 2. The van der Waals surface area contributed by atoms with Crippen LogP contribution in [0, 0.1) is 0 Å². The van der Waals surface area contributed by atoms with E-state index in [0.717, 1.165) is 32.1 Å². The molecule has 0 spiro atoms. The molecular weight excluding hydrogens is 202 g/mol. The fourth-order valence-corrected chi connectivity index (χ4v) is 1.31. The molecule has 0 aliphatic carbocycles. The fraction of sp³-hybridized carbons (Fsp3) is 0.583. The van der Waals surface area contributed by atoms with Crippen molar-refractivity contribution in [3.05, 3.63) is 23.9 Å². The molecule has 1 rings (SSSR count). The van der Waals surface area contributed by atoms with Crippen LogP contribution in [0.5, 0.6) is 0 Å². The zero-order valence-corrected chi connectivity index (χ0v) is 10.4. The van der Waals surface area contributed by atoms with E-state index in [-0.39, 0.29) is 0 Å². The molecule has 0 saturated heterocycles. The van der Waals surface area contributed by atoms with E-state index in [2.05, 4.69) is 16.4 Å². The Morgan fingerprint density at radius 3 is 2.75 bits per heavy atom. The number of aromatic nitrogens is 1. The smallest absolute Gasteiger partial charge is 0.127 e. The molecule has 1 aromatic heterocycles. The largest absolute Gasteiger partial charge is 0.380 e. The standard InChI is InChI=1S/C12H21N3O/c1-4-16-8-7-13-9-11-5-6-12(14-10-11)15(2)3/h5-6,10,13H,4,7-9H2,1-3H3. The third-order valence-electron chi connectivity index (χ3n) is 2.22. The van der Waals surface area contributed by atoms with E-state index in [4.69, 9.17) is 4.74 Å². The Labute approximate surface area is 97.6 Å². The van der Waals surface area contributed by atoms with Gasteiger partial charge in [-0.05, 0) is 18.6 Å². The number of hydrogen-bond donors (Lipinski definition) is 1. The third kappa shape index (κ3) is 4.59. The topological polar surface area (TPSA) is 37.4 Å². The van der Waals surface area contributed by atoms with Gasteiger partial charge in [0.05, 0.1) is 6.61 Å². The van der Waals surface area contributed by atoms with Crippen molar-refractivity contribution in [1.29, 1.82) is 0 Å². The zero-order chi connectivity index (χ0) is 11.8. The normalized spacial score (nSPS) is 10.4. The highest BCUT2D eigenvalue weighted by molar-refractivity contribution is 5.37.